The highest BCUT2D eigenvalue weighted by Crippen LogP contribution is 2.63. The lowest BCUT2D eigenvalue weighted by molar-refractivity contribution is -0.107. The highest BCUT2D eigenvalue weighted by molar-refractivity contribution is 5.12. The molecule has 2 nitrogen and oxygen atoms in total. The van der Waals surface area contributed by atoms with Crippen molar-refractivity contribution in [1.29, 1.82) is 0 Å². The van der Waals surface area contributed by atoms with Crippen LogP contribution in [0, 0.1) is 17.3 Å². The first-order chi connectivity index (χ1) is 7.79. The lowest BCUT2D eigenvalue weighted by Crippen LogP contribution is -2.49. The number of rotatable bonds is 4. The second-order valence-electron chi connectivity index (χ2n) is 6.67. The summed E-state index contributed by atoms with van der Waals surface area (Å²) < 4.78 is 0. The van der Waals surface area contributed by atoms with Gasteiger partial charge in [-0.05, 0) is 63.2 Å². The van der Waals surface area contributed by atoms with Gasteiger partial charge in [-0.2, -0.15) is 0 Å². The molecule has 2 heteroatoms. The summed E-state index contributed by atoms with van der Waals surface area (Å²) in [6.07, 6.45) is 4.81. The maximum Gasteiger partial charge on any atom is 0.0745 e. The van der Waals surface area contributed by atoms with Gasteiger partial charge in [-0.1, -0.05) is 19.1 Å². The van der Waals surface area contributed by atoms with E-state index in [0.717, 1.165) is 18.4 Å². The summed E-state index contributed by atoms with van der Waals surface area (Å²) in [6, 6.07) is 0. The molecule has 2 bridgehead atoms. The number of aliphatic hydroxyl groups excluding tert-OH is 1. The maximum atomic E-state index is 10.8. The van der Waals surface area contributed by atoms with Crippen LogP contribution in [0.4, 0.5) is 0 Å². The van der Waals surface area contributed by atoms with Crippen LogP contribution in [0.2, 0.25) is 0 Å². The van der Waals surface area contributed by atoms with Crippen molar-refractivity contribution >= 4 is 0 Å². The van der Waals surface area contributed by atoms with Crippen molar-refractivity contribution in [3.05, 3.63) is 12.2 Å². The van der Waals surface area contributed by atoms with Gasteiger partial charge < -0.3 is 10.2 Å². The standard InChI is InChI=1S/C15H26O2/c1-10(2)13(16)7-8-14(3)11-5-6-12(9-11)15(14,4)17/h11-13,16-17H,1,5-9H2,2-4H3/t11-,12+,13+,14+,15-/m1/s1. The highest BCUT2D eigenvalue weighted by atomic mass is 16.3. The zero-order chi connectivity index (χ0) is 12.8. The van der Waals surface area contributed by atoms with Gasteiger partial charge in [-0.25, -0.2) is 0 Å². The van der Waals surface area contributed by atoms with Gasteiger partial charge in [0, 0.05) is 0 Å². The van der Waals surface area contributed by atoms with Crippen molar-refractivity contribution in [3.63, 3.8) is 0 Å². The molecule has 0 amide bonds. The van der Waals surface area contributed by atoms with Gasteiger partial charge >= 0.3 is 0 Å². The molecular formula is C15H26O2. The van der Waals surface area contributed by atoms with E-state index in [0.29, 0.717) is 11.8 Å². The first kappa shape index (κ1) is 13.1. The third-order valence-corrected chi connectivity index (χ3v) is 5.79. The summed E-state index contributed by atoms with van der Waals surface area (Å²) in [5.41, 5.74) is 0.258. The predicted molar refractivity (Wildman–Crippen MR) is 69.6 cm³/mol. The smallest absolute Gasteiger partial charge is 0.0745 e. The average molecular weight is 238 g/mol. The van der Waals surface area contributed by atoms with Crippen LogP contribution in [0.5, 0.6) is 0 Å². The van der Waals surface area contributed by atoms with E-state index in [1.165, 1.54) is 19.3 Å². The van der Waals surface area contributed by atoms with E-state index in [2.05, 4.69) is 13.5 Å². The first-order valence-electron chi connectivity index (χ1n) is 6.85. The SMILES string of the molecule is C=C(C)[C@@H](O)CC[C@@]1(C)[C@@H]2CC[C@@H](C2)[C@@]1(C)O. The van der Waals surface area contributed by atoms with Crippen molar-refractivity contribution in [2.24, 2.45) is 17.3 Å². The van der Waals surface area contributed by atoms with Crippen molar-refractivity contribution in [2.75, 3.05) is 0 Å². The summed E-state index contributed by atoms with van der Waals surface area (Å²) in [5, 5.41) is 20.6. The quantitative estimate of drug-likeness (QED) is 0.739. The molecule has 0 saturated heterocycles. The van der Waals surface area contributed by atoms with Crippen LogP contribution in [-0.2, 0) is 0 Å². The predicted octanol–water partition coefficient (Wildman–Crippen LogP) is 2.89. The van der Waals surface area contributed by atoms with Gasteiger partial charge in [0.15, 0.2) is 0 Å². The molecule has 2 rings (SSSR count). The summed E-state index contributed by atoms with van der Waals surface area (Å²) >= 11 is 0. The first-order valence-corrected chi connectivity index (χ1v) is 6.85. The fraction of sp³-hybridized carbons (Fsp3) is 0.867. The Morgan fingerprint density at radius 3 is 2.41 bits per heavy atom. The van der Waals surface area contributed by atoms with E-state index in [1.54, 1.807) is 0 Å². The lowest BCUT2D eigenvalue weighted by atomic mass is 9.62. The Balaban J connectivity index is 2.06. The van der Waals surface area contributed by atoms with Crippen molar-refractivity contribution in [3.8, 4) is 0 Å². The molecule has 0 aliphatic heterocycles. The van der Waals surface area contributed by atoms with Crippen LogP contribution in [0.1, 0.15) is 52.9 Å². The molecule has 0 heterocycles. The van der Waals surface area contributed by atoms with E-state index >= 15 is 0 Å². The topological polar surface area (TPSA) is 40.5 Å². The minimum Gasteiger partial charge on any atom is -0.389 e. The van der Waals surface area contributed by atoms with E-state index in [-0.39, 0.29) is 5.41 Å². The van der Waals surface area contributed by atoms with Gasteiger partial charge in [0.25, 0.3) is 0 Å². The molecule has 5 atom stereocenters. The fourth-order valence-corrected chi connectivity index (χ4v) is 4.09. The number of hydrogen-bond donors (Lipinski definition) is 2. The fourth-order valence-electron chi connectivity index (χ4n) is 4.09. The van der Waals surface area contributed by atoms with Crippen LogP contribution >= 0.6 is 0 Å². The number of fused-ring (bicyclic) bond motifs is 2. The monoisotopic (exact) mass is 238 g/mol. The Hall–Kier alpha value is -0.340. The minimum atomic E-state index is -0.551. The Morgan fingerprint density at radius 2 is 1.94 bits per heavy atom. The van der Waals surface area contributed by atoms with Gasteiger partial charge in [0.1, 0.15) is 0 Å². The second-order valence-corrected chi connectivity index (χ2v) is 6.67. The number of hydrogen-bond acceptors (Lipinski definition) is 2. The highest BCUT2D eigenvalue weighted by Gasteiger charge is 2.61. The second kappa shape index (κ2) is 4.10. The molecule has 2 fully saturated rings. The summed E-state index contributed by atoms with van der Waals surface area (Å²) in [6.45, 7) is 9.88. The van der Waals surface area contributed by atoms with Crippen LogP contribution in [0.25, 0.3) is 0 Å². The van der Waals surface area contributed by atoms with Gasteiger partial charge in [-0.15, -0.1) is 0 Å². The Bertz CT molecular complexity index is 321. The summed E-state index contributed by atoms with van der Waals surface area (Å²) in [7, 11) is 0. The molecule has 17 heavy (non-hydrogen) atoms. The lowest BCUT2D eigenvalue weighted by Gasteiger charge is -2.46. The molecule has 0 aromatic rings. The average Bonchev–Trinajstić information content (AvgIpc) is 2.79. The Morgan fingerprint density at radius 1 is 1.35 bits per heavy atom. The van der Waals surface area contributed by atoms with Gasteiger partial charge in [0.05, 0.1) is 11.7 Å². The molecule has 0 radical (unpaired) electrons. The molecule has 98 valence electrons. The Kier molecular flexibility index (Phi) is 3.16. The zero-order valence-corrected chi connectivity index (χ0v) is 11.4. The molecule has 2 saturated carbocycles. The number of aliphatic hydroxyl groups is 2. The van der Waals surface area contributed by atoms with Crippen molar-refractivity contribution < 1.29 is 10.2 Å². The van der Waals surface area contributed by atoms with Crippen LogP contribution < -0.4 is 0 Å². The van der Waals surface area contributed by atoms with E-state index in [9.17, 15) is 10.2 Å². The maximum absolute atomic E-state index is 10.8. The molecule has 2 aliphatic rings. The molecule has 2 N–H and O–H groups in total. The van der Waals surface area contributed by atoms with Crippen LogP contribution in [-0.4, -0.2) is 21.9 Å². The normalized spacial score (nSPS) is 46.2. The van der Waals surface area contributed by atoms with Gasteiger partial charge in [0.2, 0.25) is 0 Å². The zero-order valence-electron chi connectivity index (χ0n) is 11.4. The molecule has 2 aliphatic carbocycles. The van der Waals surface area contributed by atoms with Crippen molar-refractivity contribution in [2.45, 2.75) is 64.6 Å². The van der Waals surface area contributed by atoms with Crippen molar-refractivity contribution in [1.82, 2.24) is 0 Å². The van der Waals surface area contributed by atoms with E-state index in [1.807, 2.05) is 13.8 Å². The summed E-state index contributed by atoms with van der Waals surface area (Å²) in [5.74, 6) is 1.11. The molecule has 0 unspecified atom stereocenters. The molecule has 0 aromatic heterocycles. The molecule has 0 spiro atoms. The summed E-state index contributed by atoms with van der Waals surface area (Å²) in [4.78, 5) is 0. The molecular weight excluding hydrogens is 212 g/mol. The van der Waals surface area contributed by atoms with Crippen LogP contribution in [0.15, 0.2) is 12.2 Å². The third kappa shape index (κ3) is 1.86. The minimum absolute atomic E-state index is 0.0215. The van der Waals surface area contributed by atoms with Gasteiger partial charge in [-0.3, -0.25) is 0 Å². The molecule has 0 aromatic carbocycles. The largest absolute Gasteiger partial charge is 0.389 e. The van der Waals surface area contributed by atoms with E-state index in [4.69, 9.17) is 0 Å². The Labute approximate surface area is 105 Å². The van der Waals surface area contributed by atoms with E-state index < -0.39 is 11.7 Å². The van der Waals surface area contributed by atoms with Crippen LogP contribution in [0.3, 0.4) is 0 Å². The third-order valence-electron chi connectivity index (χ3n) is 5.79.